The van der Waals surface area contributed by atoms with E-state index in [0.717, 1.165) is 24.2 Å². The second-order valence-corrected chi connectivity index (χ2v) is 7.43. The third kappa shape index (κ3) is 2.07. The zero-order chi connectivity index (χ0) is 18.0. The monoisotopic (exact) mass is 349 g/mol. The van der Waals surface area contributed by atoms with Crippen molar-refractivity contribution in [2.75, 3.05) is 0 Å². The third-order valence-corrected chi connectivity index (χ3v) is 5.71. The summed E-state index contributed by atoms with van der Waals surface area (Å²) in [5.74, 6) is 1.12. The first kappa shape index (κ1) is 14.9. The molecule has 0 aliphatic heterocycles. The van der Waals surface area contributed by atoms with Crippen LogP contribution >= 0.6 is 0 Å². The molecule has 0 fully saturated rings. The summed E-state index contributed by atoms with van der Waals surface area (Å²) in [5, 5.41) is 3.72. The van der Waals surface area contributed by atoms with Crippen molar-refractivity contribution in [2.45, 2.75) is 19.8 Å². The first-order valence-corrected chi connectivity index (χ1v) is 9.52. The number of furan rings is 1. The SMILES string of the molecule is Cc1ccc(-n2c3ccccc3c3cc4oc5c(c4cc32)C=CCC5)cc1. The van der Waals surface area contributed by atoms with Gasteiger partial charge in [-0.3, -0.25) is 0 Å². The van der Waals surface area contributed by atoms with Gasteiger partial charge in [-0.25, -0.2) is 0 Å². The van der Waals surface area contributed by atoms with Gasteiger partial charge in [-0.15, -0.1) is 0 Å². The van der Waals surface area contributed by atoms with Gasteiger partial charge >= 0.3 is 0 Å². The summed E-state index contributed by atoms with van der Waals surface area (Å²) in [4.78, 5) is 0. The molecular weight excluding hydrogens is 330 g/mol. The second-order valence-electron chi connectivity index (χ2n) is 7.43. The van der Waals surface area contributed by atoms with Crippen molar-refractivity contribution >= 4 is 38.9 Å². The normalized spacial score (nSPS) is 13.7. The summed E-state index contributed by atoms with van der Waals surface area (Å²) in [6, 6.07) is 21.9. The number of para-hydroxylation sites is 1. The number of hydrogen-bond donors (Lipinski definition) is 0. The predicted octanol–water partition coefficient (Wildman–Crippen LogP) is 6.80. The van der Waals surface area contributed by atoms with E-state index in [1.54, 1.807) is 0 Å². The largest absolute Gasteiger partial charge is 0.460 e. The molecule has 2 nitrogen and oxygen atoms in total. The fraction of sp³-hybridized carbons (Fsp3) is 0.120. The zero-order valence-corrected chi connectivity index (χ0v) is 15.2. The highest BCUT2D eigenvalue weighted by Gasteiger charge is 2.18. The maximum absolute atomic E-state index is 6.22. The molecule has 0 spiro atoms. The van der Waals surface area contributed by atoms with Crippen LogP contribution in [0.2, 0.25) is 0 Å². The fourth-order valence-corrected chi connectivity index (χ4v) is 4.38. The van der Waals surface area contributed by atoms with Gasteiger partial charge in [-0.2, -0.15) is 0 Å². The molecular formula is C25H19NO. The molecule has 0 radical (unpaired) electrons. The molecule has 2 aromatic heterocycles. The maximum Gasteiger partial charge on any atom is 0.135 e. The molecule has 1 aliphatic carbocycles. The average molecular weight is 349 g/mol. The van der Waals surface area contributed by atoms with Crippen LogP contribution in [0.4, 0.5) is 0 Å². The lowest BCUT2D eigenvalue weighted by molar-refractivity contribution is 0.546. The van der Waals surface area contributed by atoms with Crippen molar-refractivity contribution in [1.82, 2.24) is 4.57 Å². The Balaban J connectivity index is 1.78. The number of rotatable bonds is 1. The van der Waals surface area contributed by atoms with Crippen molar-refractivity contribution in [3.63, 3.8) is 0 Å². The number of aromatic nitrogens is 1. The molecule has 5 aromatic rings. The highest BCUT2D eigenvalue weighted by Crippen LogP contribution is 2.38. The van der Waals surface area contributed by atoms with Crippen molar-refractivity contribution < 1.29 is 4.42 Å². The number of benzene rings is 3. The lowest BCUT2D eigenvalue weighted by atomic mass is 10.0. The van der Waals surface area contributed by atoms with Gasteiger partial charge in [0.15, 0.2) is 0 Å². The molecule has 130 valence electrons. The molecule has 0 atom stereocenters. The minimum Gasteiger partial charge on any atom is -0.460 e. The molecule has 0 bridgehead atoms. The maximum atomic E-state index is 6.22. The summed E-state index contributed by atoms with van der Waals surface area (Å²) >= 11 is 0. The lowest BCUT2D eigenvalue weighted by Crippen LogP contribution is -1.93. The lowest BCUT2D eigenvalue weighted by Gasteiger charge is -2.08. The Kier molecular flexibility index (Phi) is 2.96. The standard InChI is InChI=1S/C25H19NO/c1-16-10-12-17(13-11-16)26-22-8-4-2-6-18(22)20-15-25-21(14-23(20)26)19-7-3-5-9-24(19)27-25/h2-4,6-8,10-15H,5,9H2,1H3. The molecule has 0 N–H and O–H groups in total. The molecule has 2 heteroatoms. The van der Waals surface area contributed by atoms with E-state index in [1.807, 2.05) is 0 Å². The summed E-state index contributed by atoms with van der Waals surface area (Å²) in [7, 11) is 0. The molecule has 0 saturated carbocycles. The van der Waals surface area contributed by atoms with Gasteiger partial charge in [0.2, 0.25) is 0 Å². The number of aryl methyl sites for hydroxylation is 2. The second kappa shape index (κ2) is 5.37. The molecule has 0 saturated heterocycles. The van der Waals surface area contributed by atoms with Gasteiger partial charge in [-0.1, -0.05) is 48.0 Å². The molecule has 6 rings (SSSR count). The highest BCUT2D eigenvalue weighted by molar-refractivity contribution is 6.13. The fourth-order valence-electron chi connectivity index (χ4n) is 4.38. The van der Waals surface area contributed by atoms with Crippen LogP contribution in [0.5, 0.6) is 0 Å². The van der Waals surface area contributed by atoms with E-state index in [4.69, 9.17) is 4.42 Å². The van der Waals surface area contributed by atoms with Crippen LogP contribution in [-0.4, -0.2) is 4.57 Å². The van der Waals surface area contributed by atoms with Gasteiger partial charge < -0.3 is 8.98 Å². The quantitative estimate of drug-likeness (QED) is 0.325. The minimum absolute atomic E-state index is 0.990. The van der Waals surface area contributed by atoms with Crippen molar-refractivity contribution in [3.8, 4) is 5.69 Å². The molecule has 0 unspecified atom stereocenters. The van der Waals surface area contributed by atoms with Crippen molar-refractivity contribution in [3.05, 3.63) is 83.6 Å². The van der Waals surface area contributed by atoms with Crippen LogP contribution in [0.1, 0.15) is 23.3 Å². The molecule has 0 amide bonds. The average Bonchev–Trinajstić information content (AvgIpc) is 3.22. The van der Waals surface area contributed by atoms with Crippen molar-refractivity contribution in [2.24, 2.45) is 0 Å². The van der Waals surface area contributed by atoms with E-state index < -0.39 is 0 Å². The Labute approximate surface area is 157 Å². The predicted molar refractivity (Wildman–Crippen MR) is 113 cm³/mol. The minimum atomic E-state index is 0.990. The highest BCUT2D eigenvalue weighted by atomic mass is 16.3. The van der Waals surface area contributed by atoms with Gasteiger partial charge in [-0.05, 0) is 43.7 Å². The van der Waals surface area contributed by atoms with Crippen LogP contribution < -0.4 is 0 Å². The molecule has 1 aliphatic rings. The number of fused-ring (bicyclic) bond motifs is 6. The summed E-state index contributed by atoms with van der Waals surface area (Å²) in [6.45, 7) is 2.13. The summed E-state index contributed by atoms with van der Waals surface area (Å²) in [5.41, 5.74) is 7.17. The topological polar surface area (TPSA) is 18.1 Å². The van der Waals surface area contributed by atoms with Crippen LogP contribution in [0.25, 0.3) is 44.5 Å². The smallest absolute Gasteiger partial charge is 0.135 e. The number of nitrogens with zero attached hydrogens (tertiary/aromatic N) is 1. The summed E-state index contributed by atoms with van der Waals surface area (Å²) < 4.78 is 8.59. The summed E-state index contributed by atoms with van der Waals surface area (Å²) in [6.07, 6.45) is 6.51. The zero-order valence-electron chi connectivity index (χ0n) is 15.2. The van der Waals surface area contributed by atoms with Crippen LogP contribution in [0.15, 0.2) is 71.2 Å². The van der Waals surface area contributed by atoms with Gasteiger partial charge in [0.05, 0.1) is 11.0 Å². The van der Waals surface area contributed by atoms with E-state index >= 15 is 0 Å². The van der Waals surface area contributed by atoms with Gasteiger partial charge in [0, 0.05) is 33.8 Å². The van der Waals surface area contributed by atoms with E-state index in [9.17, 15) is 0 Å². The molecule has 27 heavy (non-hydrogen) atoms. The Hall–Kier alpha value is -3.26. The van der Waals surface area contributed by atoms with Crippen LogP contribution in [0.3, 0.4) is 0 Å². The molecule has 2 heterocycles. The first-order valence-electron chi connectivity index (χ1n) is 9.52. The Morgan fingerprint density at radius 1 is 0.852 bits per heavy atom. The van der Waals surface area contributed by atoms with Crippen molar-refractivity contribution in [1.29, 1.82) is 0 Å². The van der Waals surface area contributed by atoms with E-state index in [0.29, 0.717) is 0 Å². The van der Waals surface area contributed by atoms with E-state index in [2.05, 4.69) is 84.3 Å². The Morgan fingerprint density at radius 3 is 2.59 bits per heavy atom. The van der Waals surface area contributed by atoms with Gasteiger partial charge in [0.1, 0.15) is 11.3 Å². The van der Waals surface area contributed by atoms with E-state index in [-0.39, 0.29) is 0 Å². The van der Waals surface area contributed by atoms with E-state index in [1.165, 1.54) is 44.0 Å². The Bertz CT molecular complexity index is 1360. The van der Waals surface area contributed by atoms with Crippen LogP contribution in [-0.2, 0) is 6.42 Å². The number of allylic oxidation sites excluding steroid dienone is 1. The van der Waals surface area contributed by atoms with Crippen LogP contribution in [0, 0.1) is 6.92 Å². The molecule has 3 aromatic carbocycles. The third-order valence-electron chi connectivity index (χ3n) is 5.71. The Morgan fingerprint density at radius 2 is 1.70 bits per heavy atom. The first-order chi connectivity index (χ1) is 13.3. The van der Waals surface area contributed by atoms with Gasteiger partial charge in [0.25, 0.3) is 0 Å². The number of hydrogen-bond acceptors (Lipinski definition) is 1.